The molecule has 21 heavy (non-hydrogen) atoms. The molecule has 1 fully saturated rings. The highest BCUT2D eigenvalue weighted by atomic mass is 79.9. The van der Waals surface area contributed by atoms with Crippen LogP contribution < -0.4 is 9.46 Å². The maximum atomic E-state index is 12.4. The van der Waals surface area contributed by atoms with Crippen molar-refractivity contribution < 1.29 is 18.3 Å². The minimum Gasteiger partial charge on any atom is -0.495 e. The van der Waals surface area contributed by atoms with Gasteiger partial charge in [0.1, 0.15) is 10.6 Å². The van der Waals surface area contributed by atoms with E-state index >= 15 is 0 Å². The average molecular weight is 378 g/mol. The SMILES string of the molecule is COc1ccc(Br)cc1S(=O)(=O)NCC1CCCC(O)C1. The van der Waals surface area contributed by atoms with E-state index in [9.17, 15) is 13.5 Å². The third-order valence-electron chi connectivity index (χ3n) is 3.73. The van der Waals surface area contributed by atoms with E-state index in [1.165, 1.54) is 13.2 Å². The first-order chi connectivity index (χ1) is 9.92. The molecule has 1 aliphatic rings. The molecular formula is C14H20BrNO4S. The summed E-state index contributed by atoms with van der Waals surface area (Å²) in [4.78, 5) is 0.121. The highest BCUT2D eigenvalue weighted by molar-refractivity contribution is 9.10. The molecule has 0 radical (unpaired) electrons. The normalized spacial score (nSPS) is 23.0. The highest BCUT2D eigenvalue weighted by Crippen LogP contribution is 2.28. The molecule has 1 aromatic carbocycles. The first kappa shape index (κ1) is 16.7. The number of hydrogen-bond acceptors (Lipinski definition) is 4. The molecule has 0 spiro atoms. The number of aliphatic hydroxyl groups is 1. The van der Waals surface area contributed by atoms with Crippen molar-refractivity contribution in [1.29, 1.82) is 0 Å². The van der Waals surface area contributed by atoms with Crippen LogP contribution in [0.5, 0.6) is 5.75 Å². The molecule has 0 aromatic heterocycles. The lowest BCUT2D eigenvalue weighted by atomic mass is 9.87. The fourth-order valence-electron chi connectivity index (χ4n) is 2.61. The third-order valence-corrected chi connectivity index (χ3v) is 5.67. The number of methoxy groups -OCH3 is 1. The van der Waals surface area contributed by atoms with E-state index in [0.29, 0.717) is 23.2 Å². The summed E-state index contributed by atoms with van der Waals surface area (Å²) < 4.78 is 33.2. The van der Waals surface area contributed by atoms with Gasteiger partial charge >= 0.3 is 0 Å². The Hall–Kier alpha value is -0.630. The number of hydrogen-bond donors (Lipinski definition) is 2. The van der Waals surface area contributed by atoms with Crippen LogP contribution in [0.4, 0.5) is 0 Å². The van der Waals surface area contributed by atoms with Crippen LogP contribution in [0.3, 0.4) is 0 Å². The number of halogens is 1. The Morgan fingerprint density at radius 2 is 2.19 bits per heavy atom. The predicted octanol–water partition coefficient (Wildman–Crippen LogP) is 2.29. The molecule has 0 heterocycles. The van der Waals surface area contributed by atoms with E-state index < -0.39 is 10.0 Å². The molecule has 2 rings (SSSR count). The van der Waals surface area contributed by atoms with Gasteiger partial charge < -0.3 is 9.84 Å². The first-order valence-electron chi connectivity index (χ1n) is 6.93. The van der Waals surface area contributed by atoms with Crippen molar-refractivity contribution in [2.75, 3.05) is 13.7 Å². The van der Waals surface area contributed by atoms with Gasteiger partial charge in [0, 0.05) is 11.0 Å². The molecule has 2 N–H and O–H groups in total. The second-order valence-electron chi connectivity index (χ2n) is 5.33. The van der Waals surface area contributed by atoms with E-state index in [2.05, 4.69) is 20.7 Å². The van der Waals surface area contributed by atoms with Gasteiger partial charge in [-0.05, 0) is 43.4 Å². The Labute approximate surface area is 133 Å². The quantitative estimate of drug-likeness (QED) is 0.825. The molecule has 0 aliphatic heterocycles. The fourth-order valence-corrected chi connectivity index (χ4v) is 4.44. The lowest BCUT2D eigenvalue weighted by Gasteiger charge is -2.26. The number of sulfonamides is 1. The number of rotatable bonds is 5. The van der Waals surface area contributed by atoms with E-state index in [4.69, 9.17) is 4.74 Å². The fraction of sp³-hybridized carbons (Fsp3) is 0.571. The van der Waals surface area contributed by atoms with Crippen LogP contribution in [0, 0.1) is 5.92 Å². The Balaban J connectivity index is 2.09. The average Bonchev–Trinajstić information content (AvgIpc) is 2.45. The zero-order valence-corrected chi connectivity index (χ0v) is 14.3. The van der Waals surface area contributed by atoms with Crippen molar-refractivity contribution in [2.24, 2.45) is 5.92 Å². The van der Waals surface area contributed by atoms with Gasteiger partial charge in [-0.25, -0.2) is 13.1 Å². The molecule has 7 heteroatoms. The molecule has 0 bridgehead atoms. The molecule has 5 nitrogen and oxygen atoms in total. The van der Waals surface area contributed by atoms with Gasteiger partial charge in [0.25, 0.3) is 0 Å². The van der Waals surface area contributed by atoms with Crippen LogP contribution in [-0.4, -0.2) is 33.3 Å². The molecule has 0 saturated heterocycles. The lowest BCUT2D eigenvalue weighted by molar-refractivity contribution is 0.102. The highest BCUT2D eigenvalue weighted by Gasteiger charge is 2.24. The zero-order chi connectivity index (χ0) is 15.5. The second-order valence-corrected chi connectivity index (χ2v) is 7.98. The van der Waals surface area contributed by atoms with Crippen molar-refractivity contribution in [2.45, 2.75) is 36.7 Å². The van der Waals surface area contributed by atoms with Gasteiger partial charge in [-0.1, -0.05) is 22.4 Å². The molecule has 2 atom stereocenters. The van der Waals surface area contributed by atoms with Gasteiger partial charge in [0.15, 0.2) is 0 Å². The maximum Gasteiger partial charge on any atom is 0.244 e. The molecule has 1 aliphatic carbocycles. The number of nitrogens with one attached hydrogen (secondary N) is 1. The van der Waals surface area contributed by atoms with E-state index in [1.807, 2.05) is 0 Å². The standard InChI is InChI=1S/C14H20BrNO4S/c1-20-13-6-5-11(15)8-14(13)21(18,19)16-9-10-3-2-4-12(17)7-10/h5-6,8,10,12,16-17H,2-4,7,9H2,1H3. The Morgan fingerprint density at radius 3 is 2.86 bits per heavy atom. The minimum atomic E-state index is -3.63. The summed E-state index contributed by atoms with van der Waals surface area (Å²) >= 11 is 3.27. The third kappa shape index (κ3) is 4.42. The topological polar surface area (TPSA) is 75.6 Å². The van der Waals surface area contributed by atoms with E-state index in [-0.39, 0.29) is 16.9 Å². The van der Waals surface area contributed by atoms with Crippen molar-refractivity contribution in [3.63, 3.8) is 0 Å². The summed E-state index contributed by atoms with van der Waals surface area (Å²) in [7, 11) is -2.18. The zero-order valence-electron chi connectivity index (χ0n) is 11.9. The maximum absolute atomic E-state index is 12.4. The monoisotopic (exact) mass is 377 g/mol. The van der Waals surface area contributed by atoms with Crippen molar-refractivity contribution in [1.82, 2.24) is 4.72 Å². The number of aliphatic hydroxyl groups excluding tert-OH is 1. The molecule has 1 saturated carbocycles. The van der Waals surface area contributed by atoms with E-state index in [0.717, 1.165) is 19.3 Å². The molecular weight excluding hydrogens is 358 g/mol. The van der Waals surface area contributed by atoms with Crippen LogP contribution >= 0.6 is 15.9 Å². The van der Waals surface area contributed by atoms with Crippen LogP contribution in [0.25, 0.3) is 0 Å². The number of ether oxygens (including phenoxy) is 1. The van der Waals surface area contributed by atoms with Gasteiger partial charge in [0.05, 0.1) is 13.2 Å². The van der Waals surface area contributed by atoms with Gasteiger partial charge in [-0.2, -0.15) is 0 Å². The second kappa shape index (κ2) is 7.09. The Morgan fingerprint density at radius 1 is 1.43 bits per heavy atom. The van der Waals surface area contributed by atoms with Crippen LogP contribution in [-0.2, 0) is 10.0 Å². The van der Waals surface area contributed by atoms with Crippen molar-refractivity contribution >= 4 is 26.0 Å². The van der Waals surface area contributed by atoms with Crippen molar-refractivity contribution in [3.8, 4) is 5.75 Å². The Kier molecular flexibility index (Phi) is 5.65. The number of benzene rings is 1. The van der Waals surface area contributed by atoms with Crippen LogP contribution in [0.15, 0.2) is 27.6 Å². The molecule has 0 amide bonds. The summed E-state index contributed by atoms with van der Waals surface area (Å²) in [5, 5.41) is 9.64. The largest absolute Gasteiger partial charge is 0.495 e. The van der Waals surface area contributed by atoms with Gasteiger partial charge in [-0.3, -0.25) is 0 Å². The van der Waals surface area contributed by atoms with Crippen molar-refractivity contribution in [3.05, 3.63) is 22.7 Å². The van der Waals surface area contributed by atoms with E-state index in [1.54, 1.807) is 12.1 Å². The molecule has 118 valence electrons. The smallest absolute Gasteiger partial charge is 0.244 e. The lowest BCUT2D eigenvalue weighted by Crippen LogP contribution is -2.33. The summed E-state index contributed by atoms with van der Waals surface area (Å²) in [5.41, 5.74) is 0. The summed E-state index contributed by atoms with van der Waals surface area (Å²) in [5.74, 6) is 0.496. The van der Waals surface area contributed by atoms with Gasteiger partial charge in [-0.15, -0.1) is 0 Å². The summed E-state index contributed by atoms with van der Waals surface area (Å²) in [6.45, 7) is 0.342. The van der Waals surface area contributed by atoms with Crippen LogP contribution in [0.2, 0.25) is 0 Å². The summed E-state index contributed by atoms with van der Waals surface area (Å²) in [6, 6.07) is 4.87. The molecule has 1 aromatic rings. The first-order valence-corrected chi connectivity index (χ1v) is 9.21. The minimum absolute atomic E-state index is 0.121. The van der Waals surface area contributed by atoms with Crippen LogP contribution in [0.1, 0.15) is 25.7 Å². The van der Waals surface area contributed by atoms with Gasteiger partial charge in [0.2, 0.25) is 10.0 Å². The molecule has 2 unspecified atom stereocenters. The summed E-state index contributed by atoms with van der Waals surface area (Å²) in [6.07, 6.45) is 3.03. The predicted molar refractivity (Wildman–Crippen MR) is 83.8 cm³/mol. The Bertz CT molecular complexity index is 591.